The molecule has 0 bridgehead atoms. The molecule has 1 aromatic rings. The largest absolute Gasteiger partial charge is 0.466 e. The highest BCUT2D eigenvalue weighted by molar-refractivity contribution is 5.73. The molecule has 4 nitrogen and oxygen atoms in total. The quantitative estimate of drug-likeness (QED) is 0.648. The van der Waals surface area contributed by atoms with Crippen LogP contribution >= 0.6 is 0 Å². The van der Waals surface area contributed by atoms with Crippen molar-refractivity contribution in [3.8, 4) is 0 Å². The van der Waals surface area contributed by atoms with Crippen molar-refractivity contribution in [3.63, 3.8) is 0 Å². The number of nitrogens with zero attached hydrogens (tertiary/aromatic N) is 1. The van der Waals surface area contributed by atoms with Crippen LogP contribution in [0, 0.1) is 5.95 Å². The number of rotatable bonds is 5. The summed E-state index contributed by atoms with van der Waals surface area (Å²) in [5.41, 5.74) is 4.62. The van der Waals surface area contributed by atoms with Crippen LogP contribution < -0.4 is 5.73 Å². The van der Waals surface area contributed by atoms with Crippen LogP contribution in [0.4, 0.5) is 13.2 Å². The van der Waals surface area contributed by atoms with Gasteiger partial charge >= 0.3 is 5.97 Å². The lowest BCUT2D eigenvalue weighted by molar-refractivity contribution is -0.142. The summed E-state index contributed by atoms with van der Waals surface area (Å²) in [6.45, 7) is 1.50. The number of pyridine rings is 1. The van der Waals surface area contributed by atoms with E-state index in [1.807, 2.05) is 0 Å². The van der Waals surface area contributed by atoms with Gasteiger partial charge in [0, 0.05) is 18.2 Å². The van der Waals surface area contributed by atoms with Crippen LogP contribution in [0.5, 0.6) is 0 Å². The molecular weight excluding hydrogens is 249 g/mol. The molecule has 2 N–H and O–H groups in total. The van der Waals surface area contributed by atoms with Crippen molar-refractivity contribution in [1.29, 1.82) is 0 Å². The van der Waals surface area contributed by atoms with E-state index < -0.39 is 30.3 Å². The summed E-state index contributed by atoms with van der Waals surface area (Å²) < 4.78 is 43.2. The number of nitrogens with two attached hydrogens (primary N) is 1. The van der Waals surface area contributed by atoms with Crippen LogP contribution in [0.15, 0.2) is 6.07 Å². The Labute approximate surface area is 102 Å². The summed E-state index contributed by atoms with van der Waals surface area (Å²) in [7, 11) is 0. The topological polar surface area (TPSA) is 65.2 Å². The van der Waals surface area contributed by atoms with Gasteiger partial charge in [-0.3, -0.25) is 4.79 Å². The Bertz CT molecular complexity index is 439. The zero-order valence-electron chi connectivity index (χ0n) is 9.75. The summed E-state index contributed by atoms with van der Waals surface area (Å²) in [5.74, 6) is -1.72. The van der Waals surface area contributed by atoms with Crippen molar-refractivity contribution in [2.45, 2.75) is 26.3 Å². The maximum atomic E-state index is 13.0. The third kappa shape index (κ3) is 3.43. The van der Waals surface area contributed by atoms with Crippen molar-refractivity contribution in [1.82, 2.24) is 4.98 Å². The van der Waals surface area contributed by atoms with Crippen molar-refractivity contribution in [3.05, 3.63) is 28.8 Å². The third-order valence-electron chi connectivity index (χ3n) is 2.27. The van der Waals surface area contributed by atoms with Gasteiger partial charge in [-0.15, -0.1) is 0 Å². The van der Waals surface area contributed by atoms with E-state index in [9.17, 15) is 18.0 Å². The Kier molecular flexibility index (Phi) is 5.08. The highest BCUT2D eigenvalue weighted by Crippen LogP contribution is 2.26. The van der Waals surface area contributed by atoms with Gasteiger partial charge < -0.3 is 10.5 Å². The Hall–Kier alpha value is -1.63. The molecule has 1 rings (SSSR count). The summed E-state index contributed by atoms with van der Waals surface area (Å²) in [5, 5.41) is 0. The average molecular weight is 262 g/mol. The van der Waals surface area contributed by atoms with Crippen LogP contribution in [-0.4, -0.2) is 17.6 Å². The van der Waals surface area contributed by atoms with Gasteiger partial charge in [-0.2, -0.15) is 4.39 Å². The predicted octanol–water partition coefficient (Wildman–Crippen LogP) is 1.72. The molecule has 0 spiro atoms. The van der Waals surface area contributed by atoms with Gasteiger partial charge in [-0.1, -0.05) is 0 Å². The number of hydrogen-bond donors (Lipinski definition) is 1. The molecule has 1 aromatic heterocycles. The van der Waals surface area contributed by atoms with Gasteiger partial charge in [0.25, 0.3) is 6.43 Å². The monoisotopic (exact) mass is 262 g/mol. The van der Waals surface area contributed by atoms with E-state index in [4.69, 9.17) is 5.73 Å². The van der Waals surface area contributed by atoms with E-state index in [1.165, 1.54) is 0 Å². The summed E-state index contributed by atoms with van der Waals surface area (Å²) in [6, 6.07) is 0.610. The molecular formula is C11H13F3N2O2. The molecule has 0 atom stereocenters. The number of halogens is 3. The van der Waals surface area contributed by atoms with Crippen LogP contribution in [0.3, 0.4) is 0 Å². The van der Waals surface area contributed by atoms with E-state index in [1.54, 1.807) is 6.92 Å². The molecule has 0 aromatic carbocycles. The fraction of sp³-hybridized carbons (Fsp3) is 0.455. The minimum Gasteiger partial charge on any atom is -0.466 e. The molecule has 0 fully saturated rings. The molecule has 0 amide bonds. The van der Waals surface area contributed by atoms with Crippen LogP contribution in [0.1, 0.15) is 30.2 Å². The van der Waals surface area contributed by atoms with Crippen LogP contribution in [0.2, 0.25) is 0 Å². The summed E-state index contributed by atoms with van der Waals surface area (Å²) in [4.78, 5) is 14.7. The molecule has 0 saturated heterocycles. The summed E-state index contributed by atoms with van der Waals surface area (Å²) in [6.07, 6.45) is -3.30. The average Bonchev–Trinajstić information content (AvgIpc) is 2.30. The molecule has 0 unspecified atom stereocenters. The van der Waals surface area contributed by atoms with Crippen LogP contribution in [-0.2, 0) is 22.5 Å². The SMILES string of the molecule is CCOC(=O)Cc1c(C(F)F)cc(F)nc1CN. The second-order valence-electron chi connectivity index (χ2n) is 3.45. The lowest BCUT2D eigenvalue weighted by Gasteiger charge is -2.12. The Balaban J connectivity index is 3.16. The smallest absolute Gasteiger partial charge is 0.310 e. The number of esters is 1. The van der Waals surface area contributed by atoms with Gasteiger partial charge in [0.2, 0.25) is 5.95 Å². The van der Waals surface area contributed by atoms with Crippen molar-refractivity contribution in [2.24, 2.45) is 5.73 Å². The van der Waals surface area contributed by atoms with E-state index in [-0.39, 0.29) is 24.4 Å². The standard InChI is InChI=1S/C11H13F3N2O2/c1-2-18-10(17)4-6-7(11(13)14)3-9(12)16-8(6)5-15/h3,11H,2,4-5,15H2,1H3. The zero-order chi connectivity index (χ0) is 13.7. The molecule has 7 heteroatoms. The highest BCUT2D eigenvalue weighted by Gasteiger charge is 2.21. The fourth-order valence-corrected chi connectivity index (χ4v) is 1.53. The molecule has 0 aliphatic rings. The number of carbonyl (C=O) groups is 1. The van der Waals surface area contributed by atoms with E-state index in [2.05, 4.69) is 9.72 Å². The highest BCUT2D eigenvalue weighted by atomic mass is 19.3. The van der Waals surface area contributed by atoms with Gasteiger partial charge in [-0.25, -0.2) is 13.8 Å². The Morgan fingerprint density at radius 1 is 1.56 bits per heavy atom. The number of hydrogen-bond acceptors (Lipinski definition) is 4. The molecule has 100 valence electrons. The molecule has 0 aliphatic heterocycles. The van der Waals surface area contributed by atoms with Gasteiger partial charge in [0.05, 0.1) is 18.7 Å². The van der Waals surface area contributed by atoms with Gasteiger partial charge in [0.15, 0.2) is 0 Å². The minimum absolute atomic E-state index is 0.0571. The second-order valence-corrected chi connectivity index (χ2v) is 3.45. The normalized spacial score (nSPS) is 10.8. The molecule has 0 saturated carbocycles. The first-order valence-corrected chi connectivity index (χ1v) is 5.31. The minimum atomic E-state index is -2.91. The first-order chi connectivity index (χ1) is 8.49. The second kappa shape index (κ2) is 6.34. The first kappa shape index (κ1) is 14.4. The van der Waals surface area contributed by atoms with E-state index in [0.29, 0.717) is 6.07 Å². The Morgan fingerprint density at radius 2 is 2.22 bits per heavy atom. The first-order valence-electron chi connectivity index (χ1n) is 5.31. The Morgan fingerprint density at radius 3 is 2.72 bits per heavy atom. The number of carbonyl (C=O) groups excluding carboxylic acids is 1. The fourth-order valence-electron chi connectivity index (χ4n) is 1.53. The van der Waals surface area contributed by atoms with E-state index >= 15 is 0 Å². The number of ether oxygens (including phenoxy) is 1. The molecule has 1 heterocycles. The third-order valence-corrected chi connectivity index (χ3v) is 2.27. The lowest BCUT2D eigenvalue weighted by Crippen LogP contribution is -2.15. The summed E-state index contributed by atoms with van der Waals surface area (Å²) >= 11 is 0. The molecule has 0 radical (unpaired) electrons. The van der Waals surface area contributed by atoms with Crippen molar-refractivity contribution in [2.75, 3.05) is 6.61 Å². The maximum Gasteiger partial charge on any atom is 0.310 e. The van der Waals surface area contributed by atoms with Gasteiger partial charge in [-0.05, 0) is 12.5 Å². The van der Waals surface area contributed by atoms with E-state index in [0.717, 1.165) is 0 Å². The molecule has 0 aliphatic carbocycles. The molecule has 18 heavy (non-hydrogen) atoms. The maximum absolute atomic E-state index is 13.0. The van der Waals surface area contributed by atoms with Gasteiger partial charge in [0.1, 0.15) is 0 Å². The lowest BCUT2D eigenvalue weighted by atomic mass is 10.0. The van der Waals surface area contributed by atoms with Crippen LogP contribution in [0.25, 0.3) is 0 Å². The predicted molar refractivity (Wildman–Crippen MR) is 57.4 cm³/mol. The van der Waals surface area contributed by atoms with Crippen molar-refractivity contribution < 1.29 is 22.7 Å². The number of aromatic nitrogens is 1. The number of alkyl halides is 2. The van der Waals surface area contributed by atoms with Crippen molar-refractivity contribution >= 4 is 5.97 Å². The zero-order valence-corrected chi connectivity index (χ0v) is 9.75.